The third-order valence-electron chi connectivity index (χ3n) is 2.39. The average molecular weight is 226 g/mol. The second-order valence-corrected chi connectivity index (χ2v) is 5.74. The minimum Gasteiger partial charge on any atom is -0.326 e. The van der Waals surface area contributed by atoms with E-state index in [9.17, 15) is 0 Å². The predicted octanol–water partition coefficient (Wildman–Crippen LogP) is 2.70. The molecule has 0 aliphatic heterocycles. The molecule has 0 aliphatic carbocycles. The van der Waals surface area contributed by atoms with Crippen LogP contribution in [0, 0.1) is 0 Å². The van der Waals surface area contributed by atoms with Crippen LogP contribution in [0.25, 0.3) is 0 Å². The van der Waals surface area contributed by atoms with Gasteiger partial charge < -0.3 is 10.6 Å². The highest BCUT2D eigenvalue weighted by Gasteiger charge is 2.10. The van der Waals surface area contributed by atoms with Gasteiger partial charge in [-0.2, -0.15) is 11.3 Å². The first-order valence-corrected chi connectivity index (χ1v) is 6.40. The van der Waals surface area contributed by atoms with Crippen LogP contribution in [0.15, 0.2) is 16.8 Å². The molecule has 1 rings (SSSR count). The molecule has 1 heterocycles. The van der Waals surface area contributed by atoms with E-state index in [4.69, 9.17) is 5.73 Å². The van der Waals surface area contributed by atoms with Crippen LogP contribution in [-0.4, -0.2) is 24.0 Å². The first kappa shape index (κ1) is 12.7. The zero-order chi connectivity index (χ0) is 11.3. The summed E-state index contributed by atoms with van der Waals surface area (Å²) in [6, 6.07) is 2.19. The Balaban J connectivity index is 2.17. The van der Waals surface area contributed by atoms with E-state index in [0.717, 1.165) is 19.5 Å². The number of hydrogen-bond acceptors (Lipinski definition) is 3. The van der Waals surface area contributed by atoms with Gasteiger partial charge >= 0.3 is 0 Å². The molecule has 2 N–H and O–H groups in total. The fourth-order valence-electron chi connectivity index (χ4n) is 1.58. The maximum Gasteiger partial charge on any atom is 0.0238 e. The molecule has 15 heavy (non-hydrogen) atoms. The molecule has 2 nitrogen and oxygen atoms in total. The molecule has 0 atom stereocenters. The van der Waals surface area contributed by atoms with Crippen molar-refractivity contribution < 1.29 is 0 Å². The summed E-state index contributed by atoms with van der Waals surface area (Å²) in [5, 5.41) is 4.34. The Kier molecular flexibility index (Phi) is 4.77. The van der Waals surface area contributed by atoms with Gasteiger partial charge in [-0.3, -0.25) is 0 Å². The van der Waals surface area contributed by atoms with E-state index < -0.39 is 0 Å². The minimum absolute atomic E-state index is 0.0246. The zero-order valence-corrected chi connectivity index (χ0v) is 10.8. The monoisotopic (exact) mass is 226 g/mol. The lowest BCUT2D eigenvalue weighted by Gasteiger charge is -2.21. The van der Waals surface area contributed by atoms with Crippen LogP contribution in [0.2, 0.25) is 0 Å². The lowest BCUT2D eigenvalue weighted by molar-refractivity contribution is 0.303. The van der Waals surface area contributed by atoms with Crippen LogP contribution < -0.4 is 5.73 Å². The van der Waals surface area contributed by atoms with Crippen LogP contribution in [-0.2, 0) is 6.54 Å². The smallest absolute Gasteiger partial charge is 0.0238 e. The van der Waals surface area contributed by atoms with Crippen LogP contribution >= 0.6 is 11.3 Å². The number of nitrogens with two attached hydrogens (primary N) is 1. The summed E-state index contributed by atoms with van der Waals surface area (Å²) in [7, 11) is 2.17. The van der Waals surface area contributed by atoms with Crippen LogP contribution in [0.4, 0.5) is 0 Å². The summed E-state index contributed by atoms with van der Waals surface area (Å²) >= 11 is 1.76. The first-order valence-electron chi connectivity index (χ1n) is 5.46. The van der Waals surface area contributed by atoms with Crippen molar-refractivity contribution in [3.05, 3.63) is 22.4 Å². The van der Waals surface area contributed by atoms with Crippen molar-refractivity contribution >= 4 is 11.3 Å². The Morgan fingerprint density at radius 1 is 1.47 bits per heavy atom. The maximum atomic E-state index is 5.94. The average Bonchev–Trinajstić information content (AvgIpc) is 2.54. The van der Waals surface area contributed by atoms with Crippen molar-refractivity contribution in [1.82, 2.24) is 4.90 Å². The van der Waals surface area contributed by atoms with Gasteiger partial charge in [-0.05, 0) is 62.7 Å². The van der Waals surface area contributed by atoms with E-state index in [-0.39, 0.29) is 5.54 Å². The topological polar surface area (TPSA) is 29.3 Å². The fourth-order valence-corrected chi connectivity index (χ4v) is 2.24. The third kappa shape index (κ3) is 5.92. The van der Waals surface area contributed by atoms with E-state index in [2.05, 4.69) is 42.6 Å². The summed E-state index contributed by atoms with van der Waals surface area (Å²) in [5.74, 6) is 0. The first-order chi connectivity index (χ1) is 6.97. The van der Waals surface area contributed by atoms with Gasteiger partial charge in [0.25, 0.3) is 0 Å². The van der Waals surface area contributed by atoms with E-state index in [0.29, 0.717) is 0 Å². The second-order valence-electron chi connectivity index (χ2n) is 4.96. The molecule has 0 spiro atoms. The number of rotatable bonds is 6. The molecule has 0 aliphatic rings. The van der Waals surface area contributed by atoms with Crippen molar-refractivity contribution in [2.45, 2.75) is 38.8 Å². The highest BCUT2D eigenvalue weighted by Crippen LogP contribution is 2.11. The van der Waals surface area contributed by atoms with Crippen molar-refractivity contribution in [3.8, 4) is 0 Å². The van der Waals surface area contributed by atoms with E-state index in [1.54, 1.807) is 11.3 Å². The quantitative estimate of drug-likeness (QED) is 0.808. The molecule has 86 valence electrons. The van der Waals surface area contributed by atoms with Gasteiger partial charge in [-0.15, -0.1) is 0 Å². The van der Waals surface area contributed by atoms with Crippen LogP contribution in [0.5, 0.6) is 0 Å². The Labute approximate surface area is 97.1 Å². The summed E-state index contributed by atoms with van der Waals surface area (Å²) in [6.07, 6.45) is 2.26. The molecule has 0 bridgehead atoms. The third-order valence-corrected chi connectivity index (χ3v) is 3.13. The number of hydrogen-bond donors (Lipinski definition) is 1. The molecule has 1 aromatic heterocycles. The molecule has 0 fully saturated rings. The van der Waals surface area contributed by atoms with Gasteiger partial charge in [0.05, 0.1) is 0 Å². The largest absolute Gasteiger partial charge is 0.326 e. The van der Waals surface area contributed by atoms with E-state index in [1.807, 2.05) is 0 Å². The van der Waals surface area contributed by atoms with Crippen LogP contribution in [0.1, 0.15) is 32.3 Å². The van der Waals surface area contributed by atoms with Gasteiger partial charge in [-0.25, -0.2) is 0 Å². The Morgan fingerprint density at radius 3 is 2.73 bits per heavy atom. The molecule has 0 radical (unpaired) electrons. The van der Waals surface area contributed by atoms with Gasteiger partial charge in [0.2, 0.25) is 0 Å². The standard InChI is InChI=1S/C12H22N2S/c1-12(2,13)6-4-7-14(3)9-11-5-8-15-10-11/h5,8,10H,4,6-7,9,13H2,1-3H3. The number of nitrogens with zero attached hydrogens (tertiary/aromatic N) is 1. The molecular formula is C12H22N2S. The van der Waals surface area contributed by atoms with Crippen molar-refractivity contribution in [1.29, 1.82) is 0 Å². The summed E-state index contributed by atoms with van der Waals surface area (Å²) in [6.45, 7) is 6.35. The molecule has 0 aromatic carbocycles. The van der Waals surface area contributed by atoms with Gasteiger partial charge in [-0.1, -0.05) is 0 Å². The van der Waals surface area contributed by atoms with Gasteiger partial charge in [0.1, 0.15) is 0 Å². The SMILES string of the molecule is CN(CCCC(C)(C)N)Cc1ccsc1. The fraction of sp³-hybridized carbons (Fsp3) is 0.667. The van der Waals surface area contributed by atoms with Crippen molar-refractivity contribution in [3.63, 3.8) is 0 Å². The Bertz CT molecular complexity index is 262. The lowest BCUT2D eigenvalue weighted by atomic mass is 10.00. The minimum atomic E-state index is -0.0246. The molecule has 0 unspecified atom stereocenters. The van der Waals surface area contributed by atoms with E-state index in [1.165, 1.54) is 12.0 Å². The summed E-state index contributed by atoms with van der Waals surface area (Å²) < 4.78 is 0. The van der Waals surface area contributed by atoms with Gasteiger partial charge in [0.15, 0.2) is 0 Å². The molecule has 1 aromatic rings. The van der Waals surface area contributed by atoms with Crippen molar-refractivity contribution in [2.75, 3.05) is 13.6 Å². The van der Waals surface area contributed by atoms with E-state index >= 15 is 0 Å². The normalized spacial score (nSPS) is 12.3. The highest BCUT2D eigenvalue weighted by atomic mass is 32.1. The predicted molar refractivity (Wildman–Crippen MR) is 68.2 cm³/mol. The molecule has 0 saturated carbocycles. The molecule has 0 saturated heterocycles. The second kappa shape index (κ2) is 5.64. The molecular weight excluding hydrogens is 204 g/mol. The Morgan fingerprint density at radius 2 is 2.20 bits per heavy atom. The highest BCUT2D eigenvalue weighted by molar-refractivity contribution is 7.07. The van der Waals surface area contributed by atoms with Crippen LogP contribution in [0.3, 0.4) is 0 Å². The molecule has 0 amide bonds. The zero-order valence-electron chi connectivity index (χ0n) is 9.99. The van der Waals surface area contributed by atoms with Crippen molar-refractivity contribution in [2.24, 2.45) is 5.73 Å². The summed E-state index contributed by atoms with van der Waals surface area (Å²) in [4.78, 5) is 2.35. The summed E-state index contributed by atoms with van der Waals surface area (Å²) in [5.41, 5.74) is 7.33. The Hall–Kier alpha value is -0.380. The number of thiophene rings is 1. The van der Waals surface area contributed by atoms with Gasteiger partial charge in [0, 0.05) is 12.1 Å². The lowest BCUT2D eigenvalue weighted by Crippen LogP contribution is -2.33. The molecule has 3 heteroatoms. The maximum absolute atomic E-state index is 5.94.